The van der Waals surface area contributed by atoms with E-state index in [2.05, 4.69) is 11.4 Å². The summed E-state index contributed by atoms with van der Waals surface area (Å²) in [6, 6.07) is 0.166. The van der Waals surface area contributed by atoms with Crippen molar-refractivity contribution >= 4 is 0 Å². The van der Waals surface area contributed by atoms with Crippen LogP contribution in [0.1, 0.15) is 19.3 Å². The maximum atomic E-state index is 8.93. The predicted molar refractivity (Wildman–Crippen MR) is 56.5 cm³/mol. The van der Waals surface area contributed by atoms with E-state index in [0.717, 1.165) is 39.0 Å². The minimum absolute atomic E-state index is 0.0219. The zero-order valence-electron chi connectivity index (χ0n) is 8.95. The number of hydrogen-bond acceptors (Lipinski definition) is 4. The Labute approximate surface area is 90.3 Å². The van der Waals surface area contributed by atoms with E-state index < -0.39 is 0 Å². The summed E-state index contributed by atoms with van der Waals surface area (Å²) in [5.41, 5.74) is 1.40. The van der Waals surface area contributed by atoms with Gasteiger partial charge in [0.05, 0.1) is 19.8 Å². The van der Waals surface area contributed by atoms with Crippen molar-refractivity contribution in [2.75, 3.05) is 26.4 Å². The molecular weight excluding hydrogens is 194 g/mol. The first-order valence-electron chi connectivity index (χ1n) is 5.65. The van der Waals surface area contributed by atoms with Crippen molar-refractivity contribution in [3.8, 4) is 0 Å². The van der Waals surface area contributed by atoms with Crippen LogP contribution in [0.2, 0.25) is 0 Å². The van der Waals surface area contributed by atoms with Crippen molar-refractivity contribution in [1.29, 1.82) is 0 Å². The van der Waals surface area contributed by atoms with Crippen LogP contribution in [0.15, 0.2) is 11.6 Å². The molecule has 4 nitrogen and oxygen atoms in total. The van der Waals surface area contributed by atoms with E-state index >= 15 is 0 Å². The molecule has 1 atom stereocenters. The van der Waals surface area contributed by atoms with Crippen LogP contribution in [0.25, 0.3) is 0 Å². The van der Waals surface area contributed by atoms with Crippen LogP contribution in [0, 0.1) is 0 Å². The fraction of sp³-hybridized carbons (Fsp3) is 0.818. The molecule has 15 heavy (non-hydrogen) atoms. The van der Waals surface area contributed by atoms with Gasteiger partial charge in [-0.25, -0.2) is 0 Å². The standard InChI is InChI=1S/C11H19NO3/c13-8-10-6-9(7-12-10)2-1-3-11-14-4-5-15-11/h6,10-13H,1-5,7-8H2. The van der Waals surface area contributed by atoms with Gasteiger partial charge in [0.15, 0.2) is 6.29 Å². The minimum Gasteiger partial charge on any atom is -0.394 e. The third-order valence-corrected chi connectivity index (χ3v) is 2.85. The third-order valence-electron chi connectivity index (χ3n) is 2.85. The lowest BCUT2D eigenvalue weighted by Gasteiger charge is -2.08. The Hall–Kier alpha value is -0.420. The molecule has 1 unspecified atom stereocenters. The Morgan fingerprint density at radius 3 is 2.87 bits per heavy atom. The van der Waals surface area contributed by atoms with Crippen LogP contribution in [0.3, 0.4) is 0 Å². The van der Waals surface area contributed by atoms with Gasteiger partial charge in [-0.2, -0.15) is 0 Å². The lowest BCUT2D eigenvalue weighted by atomic mass is 10.1. The Morgan fingerprint density at radius 1 is 1.40 bits per heavy atom. The van der Waals surface area contributed by atoms with Gasteiger partial charge in [-0.15, -0.1) is 0 Å². The molecule has 0 saturated carbocycles. The zero-order chi connectivity index (χ0) is 10.5. The van der Waals surface area contributed by atoms with Crippen molar-refractivity contribution in [2.45, 2.75) is 31.6 Å². The van der Waals surface area contributed by atoms with E-state index in [1.54, 1.807) is 0 Å². The van der Waals surface area contributed by atoms with Gasteiger partial charge in [0.25, 0.3) is 0 Å². The maximum Gasteiger partial charge on any atom is 0.157 e. The number of ether oxygens (including phenoxy) is 2. The van der Waals surface area contributed by atoms with Crippen LogP contribution in [0.4, 0.5) is 0 Å². The molecular formula is C11H19NO3. The highest BCUT2D eigenvalue weighted by molar-refractivity contribution is 5.15. The second-order valence-electron chi connectivity index (χ2n) is 4.06. The van der Waals surface area contributed by atoms with E-state index in [4.69, 9.17) is 14.6 Å². The molecule has 0 amide bonds. The second kappa shape index (κ2) is 5.61. The summed E-state index contributed by atoms with van der Waals surface area (Å²) in [7, 11) is 0. The van der Waals surface area contributed by atoms with Crippen LogP contribution in [0.5, 0.6) is 0 Å². The summed E-state index contributed by atoms with van der Waals surface area (Å²) in [5, 5.41) is 12.2. The van der Waals surface area contributed by atoms with Gasteiger partial charge in [0, 0.05) is 12.6 Å². The van der Waals surface area contributed by atoms with Crippen molar-refractivity contribution in [3.05, 3.63) is 11.6 Å². The molecule has 0 aliphatic carbocycles. The molecule has 4 heteroatoms. The molecule has 0 aromatic rings. The van der Waals surface area contributed by atoms with E-state index in [9.17, 15) is 0 Å². The maximum absolute atomic E-state index is 8.93. The van der Waals surface area contributed by atoms with Crippen molar-refractivity contribution in [2.24, 2.45) is 0 Å². The summed E-state index contributed by atoms with van der Waals surface area (Å²) >= 11 is 0. The highest BCUT2D eigenvalue weighted by Gasteiger charge is 2.17. The smallest absolute Gasteiger partial charge is 0.157 e. The molecule has 2 N–H and O–H groups in total. The number of rotatable bonds is 5. The Balaban J connectivity index is 1.61. The molecule has 2 aliphatic heterocycles. The van der Waals surface area contributed by atoms with Gasteiger partial charge < -0.3 is 19.9 Å². The first-order valence-corrected chi connectivity index (χ1v) is 5.65. The van der Waals surface area contributed by atoms with E-state index in [-0.39, 0.29) is 18.9 Å². The van der Waals surface area contributed by atoms with Gasteiger partial charge in [-0.3, -0.25) is 0 Å². The highest BCUT2D eigenvalue weighted by atomic mass is 16.7. The Morgan fingerprint density at radius 2 is 2.20 bits per heavy atom. The van der Waals surface area contributed by atoms with Gasteiger partial charge in [-0.1, -0.05) is 11.6 Å². The van der Waals surface area contributed by atoms with Crippen LogP contribution < -0.4 is 5.32 Å². The molecule has 0 aromatic carbocycles. The monoisotopic (exact) mass is 213 g/mol. The fourth-order valence-corrected chi connectivity index (χ4v) is 2.02. The molecule has 2 aliphatic rings. The van der Waals surface area contributed by atoms with Crippen molar-refractivity contribution in [3.63, 3.8) is 0 Å². The molecule has 0 spiro atoms. The first kappa shape index (κ1) is 11.1. The first-order chi connectivity index (χ1) is 7.38. The van der Waals surface area contributed by atoms with Crippen molar-refractivity contribution < 1.29 is 14.6 Å². The average Bonchev–Trinajstić information content (AvgIpc) is 2.88. The van der Waals surface area contributed by atoms with Gasteiger partial charge in [0.2, 0.25) is 0 Å². The molecule has 1 saturated heterocycles. The van der Waals surface area contributed by atoms with Gasteiger partial charge >= 0.3 is 0 Å². The van der Waals surface area contributed by atoms with Crippen LogP contribution >= 0.6 is 0 Å². The summed E-state index contributed by atoms with van der Waals surface area (Å²) in [5.74, 6) is 0. The predicted octanol–water partition coefficient (Wildman–Crippen LogP) is 0.420. The zero-order valence-corrected chi connectivity index (χ0v) is 8.95. The molecule has 86 valence electrons. The highest BCUT2D eigenvalue weighted by Crippen LogP contribution is 2.16. The van der Waals surface area contributed by atoms with E-state index in [1.807, 2.05) is 0 Å². The number of aliphatic hydroxyl groups excluding tert-OH is 1. The lowest BCUT2D eigenvalue weighted by molar-refractivity contribution is -0.0475. The number of nitrogens with one attached hydrogen (secondary N) is 1. The van der Waals surface area contributed by atoms with Crippen LogP contribution in [-0.2, 0) is 9.47 Å². The number of hydrogen-bond donors (Lipinski definition) is 2. The van der Waals surface area contributed by atoms with E-state index in [1.165, 1.54) is 5.57 Å². The van der Waals surface area contributed by atoms with Gasteiger partial charge in [-0.05, 0) is 19.3 Å². The van der Waals surface area contributed by atoms with E-state index in [0.29, 0.717) is 0 Å². The summed E-state index contributed by atoms with van der Waals surface area (Å²) in [4.78, 5) is 0. The molecule has 2 heterocycles. The second-order valence-corrected chi connectivity index (χ2v) is 4.06. The lowest BCUT2D eigenvalue weighted by Crippen LogP contribution is -2.25. The quantitative estimate of drug-likeness (QED) is 0.650. The SMILES string of the molecule is OCC1C=C(CCCC2OCCO2)CN1. The minimum atomic E-state index is 0.0219. The number of aliphatic hydroxyl groups is 1. The largest absolute Gasteiger partial charge is 0.394 e. The molecule has 0 aromatic heterocycles. The van der Waals surface area contributed by atoms with Gasteiger partial charge in [0.1, 0.15) is 0 Å². The molecule has 0 radical (unpaired) electrons. The summed E-state index contributed by atoms with van der Waals surface area (Å²) in [6.07, 6.45) is 5.30. The Kier molecular flexibility index (Phi) is 4.14. The molecule has 2 rings (SSSR count). The fourth-order valence-electron chi connectivity index (χ4n) is 2.02. The van der Waals surface area contributed by atoms with Crippen LogP contribution in [-0.4, -0.2) is 43.8 Å². The third kappa shape index (κ3) is 3.28. The topological polar surface area (TPSA) is 50.7 Å². The molecule has 0 bridgehead atoms. The molecule has 1 fully saturated rings. The summed E-state index contributed by atoms with van der Waals surface area (Å²) in [6.45, 7) is 2.58. The van der Waals surface area contributed by atoms with Crippen molar-refractivity contribution in [1.82, 2.24) is 5.32 Å². The average molecular weight is 213 g/mol. The summed E-state index contributed by atoms with van der Waals surface area (Å²) < 4.78 is 10.7. The Bertz CT molecular complexity index is 224. The normalized spacial score (nSPS) is 27.3.